The Balaban J connectivity index is 4.33. The van der Waals surface area contributed by atoms with E-state index in [-0.39, 0.29) is 6.73 Å². The SMILES string of the molecule is C/C=C(\C=C(\C=O)CC)NCO. The summed E-state index contributed by atoms with van der Waals surface area (Å²) in [6.45, 7) is 3.63. The minimum Gasteiger partial charge on any atom is -0.377 e. The second-order valence-corrected chi connectivity index (χ2v) is 2.27. The molecule has 0 bridgehead atoms. The molecule has 0 rings (SSSR count). The molecule has 0 saturated carbocycles. The van der Waals surface area contributed by atoms with Crippen LogP contribution in [0.3, 0.4) is 0 Å². The number of hydrogen-bond acceptors (Lipinski definition) is 3. The Morgan fingerprint density at radius 1 is 1.58 bits per heavy atom. The smallest absolute Gasteiger partial charge is 0.146 e. The van der Waals surface area contributed by atoms with E-state index in [0.717, 1.165) is 12.0 Å². The van der Waals surface area contributed by atoms with Gasteiger partial charge in [-0.15, -0.1) is 0 Å². The summed E-state index contributed by atoms with van der Waals surface area (Å²) in [5, 5.41) is 11.3. The molecule has 0 amide bonds. The number of carbonyl (C=O) groups excluding carboxylic acids is 1. The lowest BCUT2D eigenvalue weighted by Gasteiger charge is -2.02. The van der Waals surface area contributed by atoms with Gasteiger partial charge in [0.15, 0.2) is 0 Å². The molecular weight excluding hydrogens is 154 g/mol. The topological polar surface area (TPSA) is 49.3 Å². The van der Waals surface area contributed by atoms with Gasteiger partial charge < -0.3 is 10.4 Å². The summed E-state index contributed by atoms with van der Waals surface area (Å²) < 4.78 is 0. The summed E-state index contributed by atoms with van der Waals surface area (Å²) in [7, 11) is 0. The maximum absolute atomic E-state index is 10.4. The number of rotatable bonds is 5. The normalized spacial score (nSPS) is 12.9. The van der Waals surface area contributed by atoms with Gasteiger partial charge in [0.1, 0.15) is 13.0 Å². The van der Waals surface area contributed by atoms with Crippen molar-refractivity contribution < 1.29 is 9.90 Å². The zero-order chi connectivity index (χ0) is 9.40. The largest absolute Gasteiger partial charge is 0.377 e. The number of nitrogens with one attached hydrogen (secondary N) is 1. The summed E-state index contributed by atoms with van der Waals surface area (Å²) in [6.07, 6.45) is 5.05. The zero-order valence-electron chi connectivity index (χ0n) is 7.50. The minimum atomic E-state index is -0.119. The van der Waals surface area contributed by atoms with E-state index in [2.05, 4.69) is 5.32 Å². The van der Waals surface area contributed by atoms with Crippen LogP contribution in [0, 0.1) is 0 Å². The molecule has 3 nitrogen and oxygen atoms in total. The number of hydrogen-bond donors (Lipinski definition) is 2. The number of carbonyl (C=O) groups is 1. The van der Waals surface area contributed by atoms with Gasteiger partial charge in [0, 0.05) is 5.70 Å². The molecule has 0 aromatic heterocycles. The van der Waals surface area contributed by atoms with Crippen LogP contribution in [0.1, 0.15) is 20.3 Å². The molecule has 0 heterocycles. The molecule has 3 heteroatoms. The zero-order valence-corrected chi connectivity index (χ0v) is 7.50. The Labute approximate surface area is 72.8 Å². The van der Waals surface area contributed by atoms with Gasteiger partial charge in [0.05, 0.1) is 0 Å². The van der Waals surface area contributed by atoms with Crippen LogP contribution < -0.4 is 5.32 Å². The first-order chi connectivity index (χ1) is 5.78. The second-order valence-electron chi connectivity index (χ2n) is 2.27. The van der Waals surface area contributed by atoms with Crippen LogP contribution in [0.2, 0.25) is 0 Å². The van der Waals surface area contributed by atoms with Gasteiger partial charge in [0.2, 0.25) is 0 Å². The van der Waals surface area contributed by atoms with E-state index in [4.69, 9.17) is 5.11 Å². The molecule has 0 aromatic carbocycles. The first-order valence-electron chi connectivity index (χ1n) is 3.95. The van der Waals surface area contributed by atoms with E-state index in [0.29, 0.717) is 12.0 Å². The molecular formula is C9H15NO2. The first kappa shape index (κ1) is 10.9. The van der Waals surface area contributed by atoms with Crippen molar-refractivity contribution in [2.24, 2.45) is 0 Å². The fourth-order valence-electron chi connectivity index (χ4n) is 0.747. The van der Waals surface area contributed by atoms with E-state index in [1.165, 1.54) is 0 Å². The van der Waals surface area contributed by atoms with E-state index in [1.54, 1.807) is 12.2 Å². The average Bonchev–Trinajstić information content (AvgIpc) is 2.12. The summed E-state index contributed by atoms with van der Waals surface area (Å²) >= 11 is 0. The van der Waals surface area contributed by atoms with Crippen molar-refractivity contribution in [1.82, 2.24) is 5.32 Å². The minimum absolute atomic E-state index is 0.119. The Bertz CT molecular complexity index is 195. The number of aldehydes is 1. The lowest BCUT2D eigenvalue weighted by atomic mass is 10.2. The van der Waals surface area contributed by atoms with Crippen molar-refractivity contribution in [3.63, 3.8) is 0 Å². The molecule has 0 aromatic rings. The van der Waals surface area contributed by atoms with Crippen molar-refractivity contribution in [3.8, 4) is 0 Å². The summed E-state index contributed by atoms with van der Waals surface area (Å²) in [5.41, 5.74) is 1.48. The second kappa shape index (κ2) is 6.61. The molecule has 0 atom stereocenters. The van der Waals surface area contributed by atoms with E-state index < -0.39 is 0 Å². The quantitative estimate of drug-likeness (QED) is 0.279. The van der Waals surface area contributed by atoms with Gasteiger partial charge in [0.25, 0.3) is 0 Å². The Hall–Kier alpha value is -1.09. The monoisotopic (exact) mass is 169 g/mol. The molecule has 68 valence electrons. The maximum atomic E-state index is 10.4. The summed E-state index contributed by atoms with van der Waals surface area (Å²) in [4.78, 5) is 10.4. The molecule has 0 aliphatic carbocycles. The molecule has 0 aliphatic heterocycles. The Morgan fingerprint density at radius 2 is 2.25 bits per heavy atom. The number of allylic oxidation sites excluding steroid dienone is 3. The Kier molecular flexibility index (Phi) is 6.01. The predicted molar refractivity (Wildman–Crippen MR) is 48.4 cm³/mol. The molecule has 0 saturated heterocycles. The van der Waals surface area contributed by atoms with Crippen LogP contribution in [-0.4, -0.2) is 18.1 Å². The highest BCUT2D eigenvalue weighted by Gasteiger charge is 1.93. The van der Waals surface area contributed by atoms with Crippen LogP contribution >= 0.6 is 0 Å². The third-order valence-electron chi connectivity index (χ3n) is 1.49. The van der Waals surface area contributed by atoms with Crippen LogP contribution in [-0.2, 0) is 4.79 Å². The maximum Gasteiger partial charge on any atom is 0.146 e. The number of aliphatic hydroxyl groups is 1. The highest BCUT2D eigenvalue weighted by molar-refractivity contribution is 5.73. The van der Waals surface area contributed by atoms with Crippen molar-refractivity contribution in [2.75, 3.05) is 6.73 Å². The van der Waals surface area contributed by atoms with Gasteiger partial charge in [-0.25, -0.2) is 0 Å². The molecule has 0 radical (unpaired) electrons. The highest BCUT2D eigenvalue weighted by Crippen LogP contribution is 2.01. The van der Waals surface area contributed by atoms with E-state index in [1.807, 2.05) is 13.8 Å². The van der Waals surface area contributed by atoms with Gasteiger partial charge >= 0.3 is 0 Å². The van der Waals surface area contributed by atoms with Crippen molar-refractivity contribution in [1.29, 1.82) is 0 Å². The lowest BCUT2D eigenvalue weighted by Crippen LogP contribution is -2.12. The van der Waals surface area contributed by atoms with Gasteiger partial charge in [-0.3, -0.25) is 4.79 Å². The number of aliphatic hydroxyl groups excluding tert-OH is 1. The van der Waals surface area contributed by atoms with Gasteiger partial charge in [-0.2, -0.15) is 0 Å². The third-order valence-corrected chi connectivity index (χ3v) is 1.49. The van der Waals surface area contributed by atoms with Crippen LogP contribution in [0.25, 0.3) is 0 Å². The van der Waals surface area contributed by atoms with E-state index in [9.17, 15) is 4.79 Å². The van der Waals surface area contributed by atoms with E-state index >= 15 is 0 Å². The average molecular weight is 169 g/mol. The molecule has 2 N–H and O–H groups in total. The first-order valence-corrected chi connectivity index (χ1v) is 3.95. The van der Waals surface area contributed by atoms with Crippen molar-refractivity contribution >= 4 is 6.29 Å². The van der Waals surface area contributed by atoms with Crippen LogP contribution in [0.5, 0.6) is 0 Å². The van der Waals surface area contributed by atoms with Crippen LogP contribution in [0.15, 0.2) is 23.4 Å². The molecule has 0 unspecified atom stereocenters. The summed E-state index contributed by atoms with van der Waals surface area (Å²) in [6, 6.07) is 0. The van der Waals surface area contributed by atoms with Crippen molar-refractivity contribution in [3.05, 3.63) is 23.4 Å². The standard InChI is InChI=1S/C9H15NO2/c1-3-8(6-11)5-9(4-2)10-7-12/h4-6,10,12H,3,7H2,1-2H3/b8-5+,9-4+. The predicted octanol–water partition coefficient (Wildman–Crippen LogP) is 0.965. The van der Waals surface area contributed by atoms with Crippen molar-refractivity contribution in [2.45, 2.75) is 20.3 Å². The Morgan fingerprint density at radius 3 is 2.58 bits per heavy atom. The van der Waals surface area contributed by atoms with Crippen LogP contribution in [0.4, 0.5) is 0 Å². The van der Waals surface area contributed by atoms with Gasteiger partial charge in [-0.05, 0) is 25.0 Å². The van der Waals surface area contributed by atoms with Gasteiger partial charge in [-0.1, -0.05) is 13.0 Å². The molecule has 12 heavy (non-hydrogen) atoms. The molecule has 0 aliphatic rings. The third kappa shape index (κ3) is 3.93. The fourth-order valence-corrected chi connectivity index (χ4v) is 0.747. The summed E-state index contributed by atoms with van der Waals surface area (Å²) in [5.74, 6) is 0. The molecule has 0 fully saturated rings. The highest BCUT2D eigenvalue weighted by atomic mass is 16.3. The molecule has 0 spiro atoms. The fraction of sp³-hybridized carbons (Fsp3) is 0.444. The lowest BCUT2D eigenvalue weighted by molar-refractivity contribution is -0.105.